The van der Waals surface area contributed by atoms with Gasteiger partial charge in [-0.25, -0.2) is 0 Å². The third-order valence-corrected chi connectivity index (χ3v) is 3.59. The number of benzene rings is 1. The Labute approximate surface area is 126 Å². The summed E-state index contributed by atoms with van der Waals surface area (Å²) in [6, 6.07) is 6.04. The molecule has 1 aromatic carbocycles. The maximum absolute atomic E-state index is 5.80. The number of thioether (sulfide) groups is 1. The second kappa shape index (κ2) is 10.8. The highest BCUT2D eigenvalue weighted by Gasteiger charge is 2.05. The Morgan fingerprint density at radius 1 is 1.15 bits per heavy atom. The molecule has 1 N–H and O–H groups in total. The van der Waals surface area contributed by atoms with E-state index in [1.807, 2.05) is 30.0 Å². The van der Waals surface area contributed by atoms with Crippen molar-refractivity contribution in [3.05, 3.63) is 23.8 Å². The Hall–Kier alpha value is -0.910. The van der Waals surface area contributed by atoms with Gasteiger partial charge in [-0.1, -0.05) is 13.0 Å². The minimum Gasteiger partial charge on any atom is -0.493 e. The van der Waals surface area contributed by atoms with Gasteiger partial charge in [-0.3, -0.25) is 0 Å². The summed E-state index contributed by atoms with van der Waals surface area (Å²) in [6.07, 6.45) is 0. The number of methoxy groups -OCH3 is 2. The Balaban J connectivity index is 2.51. The van der Waals surface area contributed by atoms with Gasteiger partial charge in [0.05, 0.1) is 20.3 Å². The summed E-state index contributed by atoms with van der Waals surface area (Å²) in [5.41, 5.74) is 1.18. The molecule has 0 heterocycles. The zero-order valence-electron chi connectivity index (χ0n) is 12.6. The number of hydrogen-bond acceptors (Lipinski definition) is 5. The Morgan fingerprint density at radius 3 is 2.70 bits per heavy atom. The first-order valence-corrected chi connectivity index (χ1v) is 8.04. The van der Waals surface area contributed by atoms with Crippen molar-refractivity contribution in [3.63, 3.8) is 0 Å². The van der Waals surface area contributed by atoms with Crippen LogP contribution in [0.3, 0.4) is 0 Å². The molecule has 0 saturated carbocycles. The van der Waals surface area contributed by atoms with Crippen molar-refractivity contribution in [1.82, 2.24) is 5.32 Å². The molecular formula is C15H25NO3S. The van der Waals surface area contributed by atoms with Crippen molar-refractivity contribution >= 4 is 11.8 Å². The number of hydrogen-bond donors (Lipinski definition) is 1. The Morgan fingerprint density at radius 2 is 2.00 bits per heavy atom. The zero-order chi connectivity index (χ0) is 14.6. The molecule has 0 atom stereocenters. The SMILES string of the molecule is CCSCCOc1cc(CNCCOC)ccc1OC. The summed E-state index contributed by atoms with van der Waals surface area (Å²) in [7, 11) is 3.37. The van der Waals surface area contributed by atoms with Gasteiger partial charge in [0, 0.05) is 26.0 Å². The standard InChI is InChI=1S/C15H25NO3S/c1-4-20-10-9-19-15-11-13(5-6-14(15)18-3)12-16-7-8-17-2/h5-6,11,16H,4,7-10,12H2,1-3H3. The lowest BCUT2D eigenvalue weighted by atomic mass is 10.2. The van der Waals surface area contributed by atoms with Crippen LogP contribution < -0.4 is 14.8 Å². The summed E-state index contributed by atoms with van der Waals surface area (Å²) in [6.45, 7) is 5.21. The predicted molar refractivity (Wildman–Crippen MR) is 85.1 cm³/mol. The van der Waals surface area contributed by atoms with Gasteiger partial charge < -0.3 is 19.5 Å². The number of rotatable bonds is 11. The van der Waals surface area contributed by atoms with Gasteiger partial charge in [0.1, 0.15) is 0 Å². The summed E-state index contributed by atoms with van der Waals surface area (Å²) in [5, 5.41) is 3.32. The molecule has 0 saturated heterocycles. The summed E-state index contributed by atoms with van der Waals surface area (Å²) < 4.78 is 16.1. The second-order valence-corrected chi connectivity index (χ2v) is 5.59. The van der Waals surface area contributed by atoms with Crippen molar-refractivity contribution in [2.75, 3.05) is 45.5 Å². The van der Waals surface area contributed by atoms with Crippen molar-refractivity contribution in [2.24, 2.45) is 0 Å². The topological polar surface area (TPSA) is 39.7 Å². The van der Waals surface area contributed by atoms with Crippen LogP contribution in [0.15, 0.2) is 18.2 Å². The lowest BCUT2D eigenvalue weighted by Gasteiger charge is -2.12. The molecule has 0 aliphatic rings. The minimum absolute atomic E-state index is 0.704. The van der Waals surface area contributed by atoms with Crippen molar-refractivity contribution in [2.45, 2.75) is 13.5 Å². The average Bonchev–Trinajstić information content (AvgIpc) is 2.48. The van der Waals surface area contributed by atoms with E-state index in [4.69, 9.17) is 14.2 Å². The van der Waals surface area contributed by atoms with Gasteiger partial charge in [0.2, 0.25) is 0 Å². The van der Waals surface area contributed by atoms with Crippen LogP contribution in [-0.4, -0.2) is 45.5 Å². The first-order chi connectivity index (χ1) is 9.81. The van der Waals surface area contributed by atoms with Crippen LogP contribution in [0.25, 0.3) is 0 Å². The number of nitrogens with one attached hydrogen (secondary N) is 1. The maximum Gasteiger partial charge on any atom is 0.161 e. The Bertz CT molecular complexity index is 374. The highest BCUT2D eigenvalue weighted by atomic mass is 32.2. The largest absolute Gasteiger partial charge is 0.493 e. The predicted octanol–water partition coefficient (Wildman–Crippen LogP) is 2.56. The van der Waals surface area contributed by atoms with E-state index in [0.717, 1.165) is 36.1 Å². The van der Waals surface area contributed by atoms with Crippen LogP contribution in [-0.2, 0) is 11.3 Å². The molecule has 20 heavy (non-hydrogen) atoms. The van der Waals surface area contributed by atoms with E-state index < -0.39 is 0 Å². The summed E-state index contributed by atoms with van der Waals surface area (Å²) >= 11 is 1.87. The van der Waals surface area contributed by atoms with Gasteiger partial charge >= 0.3 is 0 Å². The Kier molecular flexibility index (Phi) is 9.28. The molecule has 0 aliphatic heterocycles. The van der Waals surface area contributed by atoms with Gasteiger partial charge in [0.25, 0.3) is 0 Å². The maximum atomic E-state index is 5.80. The third-order valence-electron chi connectivity index (χ3n) is 2.73. The van der Waals surface area contributed by atoms with Gasteiger partial charge in [-0.05, 0) is 23.4 Å². The zero-order valence-corrected chi connectivity index (χ0v) is 13.4. The van der Waals surface area contributed by atoms with Crippen LogP contribution >= 0.6 is 11.8 Å². The first-order valence-electron chi connectivity index (χ1n) is 6.89. The van der Waals surface area contributed by atoms with Crippen molar-refractivity contribution < 1.29 is 14.2 Å². The highest BCUT2D eigenvalue weighted by molar-refractivity contribution is 7.99. The molecule has 0 amide bonds. The van der Waals surface area contributed by atoms with Crippen LogP contribution in [0.1, 0.15) is 12.5 Å². The molecule has 1 aromatic rings. The summed E-state index contributed by atoms with van der Waals surface area (Å²) in [4.78, 5) is 0. The molecular weight excluding hydrogens is 274 g/mol. The molecule has 0 fully saturated rings. The van der Waals surface area contributed by atoms with Crippen LogP contribution in [0.5, 0.6) is 11.5 Å². The van der Waals surface area contributed by atoms with E-state index in [0.29, 0.717) is 13.2 Å². The molecule has 0 bridgehead atoms. The van der Waals surface area contributed by atoms with E-state index in [9.17, 15) is 0 Å². The average molecular weight is 299 g/mol. The van der Waals surface area contributed by atoms with E-state index in [-0.39, 0.29) is 0 Å². The molecule has 0 unspecified atom stereocenters. The minimum atomic E-state index is 0.704. The molecule has 114 valence electrons. The highest BCUT2D eigenvalue weighted by Crippen LogP contribution is 2.28. The lowest BCUT2D eigenvalue weighted by molar-refractivity contribution is 0.199. The molecule has 0 radical (unpaired) electrons. The van der Waals surface area contributed by atoms with Crippen LogP contribution in [0.2, 0.25) is 0 Å². The van der Waals surface area contributed by atoms with E-state index in [1.54, 1.807) is 14.2 Å². The number of ether oxygens (including phenoxy) is 3. The van der Waals surface area contributed by atoms with E-state index in [2.05, 4.69) is 12.2 Å². The molecule has 0 aliphatic carbocycles. The fourth-order valence-corrected chi connectivity index (χ4v) is 2.20. The van der Waals surface area contributed by atoms with E-state index >= 15 is 0 Å². The monoisotopic (exact) mass is 299 g/mol. The van der Waals surface area contributed by atoms with Gasteiger partial charge in [-0.2, -0.15) is 11.8 Å². The molecule has 4 nitrogen and oxygen atoms in total. The van der Waals surface area contributed by atoms with Crippen molar-refractivity contribution in [3.8, 4) is 11.5 Å². The second-order valence-electron chi connectivity index (χ2n) is 4.20. The normalized spacial score (nSPS) is 10.6. The smallest absolute Gasteiger partial charge is 0.161 e. The third kappa shape index (κ3) is 6.50. The first kappa shape index (κ1) is 17.1. The van der Waals surface area contributed by atoms with Crippen LogP contribution in [0, 0.1) is 0 Å². The molecule has 5 heteroatoms. The van der Waals surface area contributed by atoms with E-state index in [1.165, 1.54) is 5.56 Å². The molecule has 1 rings (SSSR count). The van der Waals surface area contributed by atoms with Gasteiger partial charge in [-0.15, -0.1) is 0 Å². The summed E-state index contributed by atoms with van der Waals surface area (Å²) in [5.74, 6) is 3.71. The van der Waals surface area contributed by atoms with Crippen molar-refractivity contribution in [1.29, 1.82) is 0 Å². The lowest BCUT2D eigenvalue weighted by Crippen LogP contribution is -2.18. The fourth-order valence-electron chi connectivity index (χ4n) is 1.71. The quantitative estimate of drug-likeness (QED) is 0.636. The fraction of sp³-hybridized carbons (Fsp3) is 0.600. The van der Waals surface area contributed by atoms with Gasteiger partial charge in [0.15, 0.2) is 11.5 Å². The molecule has 0 spiro atoms. The van der Waals surface area contributed by atoms with Crippen LogP contribution in [0.4, 0.5) is 0 Å². The molecule has 0 aromatic heterocycles.